The summed E-state index contributed by atoms with van der Waals surface area (Å²) < 4.78 is 39.2. The van der Waals surface area contributed by atoms with Crippen LogP contribution in [0.3, 0.4) is 0 Å². The zero-order valence-corrected chi connectivity index (χ0v) is 8.05. The Balaban J connectivity index is 2.59. The van der Waals surface area contributed by atoms with E-state index in [2.05, 4.69) is 0 Å². The number of phenols is 1. The van der Waals surface area contributed by atoms with Gasteiger partial charge in [0.2, 0.25) is 0 Å². The van der Waals surface area contributed by atoms with Gasteiger partial charge < -0.3 is 5.11 Å². The standard InChI is InChI=1S/C12H7F3O/c13-8-5-10(12(15)11(14)6-8)7-1-3-9(16)4-2-7/h1-6,16H. The predicted molar refractivity (Wildman–Crippen MR) is 53.4 cm³/mol. The normalized spacial score (nSPS) is 10.4. The molecule has 0 aliphatic rings. The van der Waals surface area contributed by atoms with Crippen LogP contribution in [0.1, 0.15) is 0 Å². The quantitative estimate of drug-likeness (QED) is 0.735. The molecule has 0 spiro atoms. The average Bonchev–Trinajstić information content (AvgIpc) is 2.25. The summed E-state index contributed by atoms with van der Waals surface area (Å²) in [7, 11) is 0. The fourth-order valence-corrected chi connectivity index (χ4v) is 1.41. The number of rotatable bonds is 1. The largest absolute Gasteiger partial charge is 0.508 e. The van der Waals surface area contributed by atoms with Gasteiger partial charge in [-0.15, -0.1) is 0 Å². The average molecular weight is 224 g/mol. The van der Waals surface area contributed by atoms with Crippen LogP contribution in [-0.4, -0.2) is 5.11 Å². The number of benzene rings is 2. The molecule has 2 aromatic rings. The fraction of sp³-hybridized carbons (Fsp3) is 0. The Morgan fingerprint density at radius 1 is 0.875 bits per heavy atom. The van der Waals surface area contributed by atoms with Crippen LogP contribution in [0.25, 0.3) is 11.1 Å². The van der Waals surface area contributed by atoms with Gasteiger partial charge in [0, 0.05) is 11.6 Å². The van der Waals surface area contributed by atoms with Gasteiger partial charge in [-0.1, -0.05) is 12.1 Å². The lowest BCUT2D eigenvalue weighted by Gasteiger charge is -2.04. The Morgan fingerprint density at radius 3 is 2.12 bits per heavy atom. The predicted octanol–water partition coefficient (Wildman–Crippen LogP) is 3.48. The molecular weight excluding hydrogens is 217 g/mol. The smallest absolute Gasteiger partial charge is 0.166 e. The first-order chi connectivity index (χ1) is 7.58. The molecule has 0 bridgehead atoms. The summed E-state index contributed by atoms with van der Waals surface area (Å²) in [5.74, 6) is -3.18. The number of hydrogen-bond acceptors (Lipinski definition) is 1. The summed E-state index contributed by atoms with van der Waals surface area (Å²) in [5.41, 5.74) is 0.131. The number of halogens is 3. The van der Waals surface area contributed by atoms with Crippen LogP contribution in [0.4, 0.5) is 13.2 Å². The molecule has 0 heterocycles. The van der Waals surface area contributed by atoms with Crippen LogP contribution >= 0.6 is 0 Å². The Labute approximate surface area is 89.8 Å². The summed E-state index contributed by atoms with van der Waals surface area (Å²) in [5, 5.41) is 9.04. The lowest BCUT2D eigenvalue weighted by Crippen LogP contribution is -1.91. The van der Waals surface area contributed by atoms with Crippen molar-refractivity contribution < 1.29 is 18.3 Å². The van der Waals surface area contributed by atoms with Crippen molar-refractivity contribution in [3.05, 3.63) is 53.8 Å². The van der Waals surface area contributed by atoms with Crippen LogP contribution in [0, 0.1) is 17.5 Å². The summed E-state index contributed by atoms with van der Waals surface area (Å²) in [6, 6.07) is 6.79. The van der Waals surface area contributed by atoms with Crippen LogP contribution < -0.4 is 0 Å². The zero-order chi connectivity index (χ0) is 11.7. The van der Waals surface area contributed by atoms with Gasteiger partial charge in [0.05, 0.1) is 0 Å². The summed E-state index contributed by atoms with van der Waals surface area (Å²) >= 11 is 0. The number of hydrogen-bond donors (Lipinski definition) is 1. The van der Waals surface area contributed by atoms with Gasteiger partial charge >= 0.3 is 0 Å². The second-order valence-electron chi connectivity index (χ2n) is 3.30. The minimum Gasteiger partial charge on any atom is -0.508 e. The van der Waals surface area contributed by atoms with E-state index in [1.165, 1.54) is 24.3 Å². The second-order valence-corrected chi connectivity index (χ2v) is 3.30. The molecule has 0 saturated heterocycles. The summed E-state index contributed by atoms with van der Waals surface area (Å²) in [6.45, 7) is 0. The third kappa shape index (κ3) is 1.86. The van der Waals surface area contributed by atoms with E-state index < -0.39 is 17.5 Å². The van der Waals surface area contributed by atoms with E-state index in [4.69, 9.17) is 5.11 Å². The van der Waals surface area contributed by atoms with Crippen molar-refractivity contribution >= 4 is 0 Å². The molecular formula is C12H7F3O. The Bertz CT molecular complexity index is 521. The van der Waals surface area contributed by atoms with E-state index in [1.54, 1.807) is 0 Å². The molecule has 0 aliphatic heterocycles. The monoisotopic (exact) mass is 224 g/mol. The Hall–Kier alpha value is -1.97. The third-order valence-corrected chi connectivity index (χ3v) is 2.17. The van der Waals surface area contributed by atoms with E-state index >= 15 is 0 Å². The van der Waals surface area contributed by atoms with Gasteiger partial charge in [-0.3, -0.25) is 0 Å². The van der Waals surface area contributed by atoms with Crippen LogP contribution in [0.2, 0.25) is 0 Å². The van der Waals surface area contributed by atoms with Crippen LogP contribution in [-0.2, 0) is 0 Å². The molecule has 2 aromatic carbocycles. The highest BCUT2D eigenvalue weighted by Crippen LogP contribution is 2.26. The first-order valence-electron chi connectivity index (χ1n) is 4.52. The maximum absolute atomic E-state index is 13.4. The number of aromatic hydroxyl groups is 1. The summed E-state index contributed by atoms with van der Waals surface area (Å²) in [6.07, 6.45) is 0. The Morgan fingerprint density at radius 2 is 1.50 bits per heavy atom. The first-order valence-corrected chi connectivity index (χ1v) is 4.52. The van der Waals surface area contributed by atoms with Gasteiger partial charge in [0.25, 0.3) is 0 Å². The molecule has 0 saturated carbocycles. The molecule has 16 heavy (non-hydrogen) atoms. The van der Waals surface area contributed by atoms with Crippen molar-refractivity contribution in [3.8, 4) is 16.9 Å². The second kappa shape index (κ2) is 3.89. The van der Waals surface area contributed by atoms with Gasteiger partial charge in [0.15, 0.2) is 11.6 Å². The molecule has 0 aromatic heterocycles. The minimum absolute atomic E-state index is 0.000957. The summed E-state index contributed by atoms with van der Waals surface area (Å²) in [4.78, 5) is 0. The van der Waals surface area contributed by atoms with E-state index in [-0.39, 0.29) is 11.3 Å². The van der Waals surface area contributed by atoms with Crippen molar-refractivity contribution in [3.63, 3.8) is 0 Å². The van der Waals surface area contributed by atoms with Gasteiger partial charge in [0.1, 0.15) is 11.6 Å². The maximum atomic E-state index is 13.4. The fourth-order valence-electron chi connectivity index (χ4n) is 1.41. The van der Waals surface area contributed by atoms with Crippen molar-refractivity contribution in [2.24, 2.45) is 0 Å². The highest BCUT2D eigenvalue weighted by molar-refractivity contribution is 5.65. The molecule has 0 aliphatic carbocycles. The molecule has 2 rings (SSSR count). The van der Waals surface area contributed by atoms with E-state index in [0.29, 0.717) is 11.6 Å². The molecule has 0 amide bonds. The van der Waals surface area contributed by atoms with Crippen molar-refractivity contribution in [2.75, 3.05) is 0 Å². The minimum atomic E-state index is -1.23. The van der Waals surface area contributed by atoms with E-state index in [0.717, 1.165) is 6.07 Å². The highest BCUT2D eigenvalue weighted by Gasteiger charge is 2.12. The van der Waals surface area contributed by atoms with Gasteiger partial charge in [-0.2, -0.15) is 0 Å². The first kappa shape index (κ1) is 10.5. The maximum Gasteiger partial charge on any atom is 0.166 e. The van der Waals surface area contributed by atoms with Gasteiger partial charge in [-0.25, -0.2) is 13.2 Å². The topological polar surface area (TPSA) is 20.2 Å². The molecule has 0 unspecified atom stereocenters. The number of phenolic OH excluding ortho intramolecular Hbond substituents is 1. The van der Waals surface area contributed by atoms with E-state index in [9.17, 15) is 13.2 Å². The lowest BCUT2D eigenvalue weighted by molar-refractivity contribution is 0.475. The molecule has 1 N–H and O–H groups in total. The van der Waals surface area contributed by atoms with E-state index in [1.807, 2.05) is 0 Å². The molecule has 4 heteroatoms. The van der Waals surface area contributed by atoms with Crippen molar-refractivity contribution in [1.29, 1.82) is 0 Å². The highest BCUT2D eigenvalue weighted by atomic mass is 19.2. The molecule has 0 atom stereocenters. The lowest BCUT2D eigenvalue weighted by atomic mass is 10.0. The zero-order valence-electron chi connectivity index (χ0n) is 8.05. The molecule has 0 fully saturated rings. The SMILES string of the molecule is Oc1ccc(-c2cc(F)cc(F)c2F)cc1. The third-order valence-electron chi connectivity index (χ3n) is 2.17. The molecule has 1 nitrogen and oxygen atoms in total. The molecule has 0 radical (unpaired) electrons. The van der Waals surface area contributed by atoms with Crippen molar-refractivity contribution in [1.82, 2.24) is 0 Å². The molecule has 82 valence electrons. The van der Waals surface area contributed by atoms with Crippen molar-refractivity contribution in [2.45, 2.75) is 0 Å². The Kier molecular flexibility index (Phi) is 2.56. The van der Waals surface area contributed by atoms with Crippen LogP contribution in [0.15, 0.2) is 36.4 Å². The van der Waals surface area contributed by atoms with Crippen LogP contribution in [0.5, 0.6) is 5.75 Å². The van der Waals surface area contributed by atoms with Gasteiger partial charge in [-0.05, 0) is 23.8 Å².